The highest BCUT2D eigenvalue weighted by atomic mass is 16.5. The summed E-state index contributed by atoms with van der Waals surface area (Å²) in [6.07, 6.45) is 44.4. The maximum atomic E-state index is 13.1. The standard InChI is InChI=1S/C65H126N4O6/c1-6-10-14-18-22-26-30-34-41-60(70)55-68(56-61(71)42-35-31-27-23-19-15-11-7-2)53-39-51-67(50-38-49-66-65(74)59-45-47-64(75-5)48-46-59)52-40-54-69(57-62(72)43-36-32-28-24-20-16-12-8-3)58-63(73)44-37-33-29-25-21-17-13-9-4/h45-48,60-63,70-73H,6-44,49-58H2,1-5H3,(H,66,74). The van der Waals surface area contributed by atoms with Crippen molar-refractivity contribution >= 4 is 5.91 Å². The maximum absolute atomic E-state index is 13.1. The summed E-state index contributed by atoms with van der Waals surface area (Å²) in [5.41, 5.74) is 0.622. The molecule has 442 valence electrons. The summed E-state index contributed by atoms with van der Waals surface area (Å²) in [4.78, 5) is 20.3. The number of carbonyl (C=O) groups excluding carboxylic acids is 1. The van der Waals surface area contributed by atoms with Crippen LogP contribution in [0.2, 0.25) is 0 Å². The Morgan fingerprint density at radius 1 is 0.387 bits per heavy atom. The molecule has 10 heteroatoms. The summed E-state index contributed by atoms with van der Waals surface area (Å²) in [7, 11) is 1.63. The van der Waals surface area contributed by atoms with Crippen molar-refractivity contribution in [3.8, 4) is 5.75 Å². The van der Waals surface area contributed by atoms with Gasteiger partial charge in [-0.2, -0.15) is 0 Å². The molecule has 4 unspecified atom stereocenters. The second kappa shape index (κ2) is 52.9. The van der Waals surface area contributed by atoms with Gasteiger partial charge in [0.05, 0.1) is 31.5 Å². The predicted octanol–water partition coefficient (Wildman–Crippen LogP) is 15.1. The van der Waals surface area contributed by atoms with Crippen LogP contribution in [0.25, 0.3) is 0 Å². The van der Waals surface area contributed by atoms with Crippen molar-refractivity contribution in [2.75, 3.05) is 72.6 Å². The van der Waals surface area contributed by atoms with E-state index < -0.39 is 24.4 Å². The van der Waals surface area contributed by atoms with E-state index in [0.717, 1.165) is 109 Å². The number of aliphatic hydroxyl groups excluding tert-OH is 4. The van der Waals surface area contributed by atoms with Gasteiger partial charge in [0.15, 0.2) is 0 Å². The first kappa shape index (κ1) is 71.2. The number of unbranched alkanes of at least 4 members (excludes halogenated alkanes) is 28. The average molecular weight is 1060 g/mol. The number of benzene rings is 1. The minimum Gasteiger partial charge on any atom is -0.497 e. The van der Waals surface area contributed by atoms with Gasteiger partial charge in [-0.1, -0.05) is 233 Å². The van der Waals surface area contributed by atoms with Gasteiger partial charge in [-0.15, -0.1) is 0 Å². The average Bonchev–Trinajstić information content (AvgIpc) is 3.40. The molecule has 0 aliphatic carbocycles. The first-order valence-corrected chi connectivity index (χ1v) is 32.5. The van der Waals surface area contributed by atoms with Crippen molar-refractivity contribution in [2.24, 2.45) is 0 Å². The lowest BCUT2D eigenvalue weighted by atomic mass is 10.0. The third kappa shape index (κ3) is 44.7. The van der Waals surface area contributed by atoms with Crippen LogP contribution in [0.4, 0.5) is 0 Å². The van der Waals surface area contributed by atoms with Crippen LogP contribution in [0, 0.1) is 0 Å². The predicted molar refractivity (Wildman–Crippen MR) is 321 cm³/mol. The molecule has 0 aromatic heterocycles. The fourth-order valence-electron chi connectivity index (χ4n) is 10.8. The van der Waals surface area contributed by atoms with Crippen molar-refractivity contribution in [1.82, 2.24) is 20.0 Å². The Kier molecular flexibility index (Phi) is 50.2. The van der Waals surface area contributed by atoms with Crippen LogP contribution < -0.4 is 10.1 Å². The van der Waals surface area contributed by atoms with Gasteiger partial charge >= 0.3 is 0 Å². The van der Waals surface area contributed by atoms with Crippen molar-refractivity contribution in [3.05, 3.63) is 29.8 Å². The number of hydrogen-bond donors (Lipinski definition) is 5. The fraction of sp³-hybridized carbons (Fsp3) is 0.892. The van der Waals surface area contributed by atoms with Gasteiger partial charge in [0.1, 0.15) is 5.75 Å². The third-order valence-corrected chi connectivity index (χ3v) is 15.6. The van der Waals surface area contributed by atoms with Crippen LogP contribution >= 0.6 is 0 Å². The number of carbonyl (C=O) groups is 1. The Hall–Kier alpha value is -1.79. The second-order valence-electron chi connectivity index (χ2n) is 23.1. The van der Waals surface area contributed by atoms with Crippen molar-refractivity contribution in [3.63, 3.8) is 0 Å². The zero-order valence-corrected chi connectivity index (χ0v) is 50.2. The molecule has 0 aliphatic heterocycles. The van der Waals surface area contributed by atoms with Gasteiger partial charge in [-0.05, 0) is 102 Å². The summed E-state index contributed by atoms with van der Waals surface area (Å²) >= 11 is 0. The quantitative estimate of drug-likeness (QED) is 0.0405. The lowest BCUT2D eigenvalue weighted by molar-refractivity contribution is 0.0560. The summed E-state index contributed by atoms with van der Waals surface area (Å²) in [5.74, 6) is 0.647. The molecular weight excluding hydrogens is 933 g/mol. The Balaban J connectivity index is 3.04. The molecule has 0 saturated heterocycles. The number of nitrogens with one attached hydrogen (secondary N) is 1. The minimum atomic E-state index is -0.395. The molecule has 75 heavy (non-hydrogen) atoms. The Bertz CT molecular complexity index is 1220. The van der Waals surface area contributed by atoms with E-state index in [9.17, 15) is 25.2 Å². The largest absolute Gasteiger partial charge is 0.497 e. The van der Waals surface area contributed by atoms with Gasteiger partial charge in [-0.25, -0.2) is 0 Å². The van der Waals surface area contributed by atoms with E-state index in [2.05, 4.69) is 47.7 Å². The maximum Gasteiger partial charge on any atom is 0.251 e. The van der Waals surface area contributed by atoms with E-state index >= 15 is 0 Å². The number of nitrogens with zero attached hydrogens (tertiary/aromatic N) is 3. The Morgan fingerprint density at radius 3 is 0.947 bits per heavy atom. The molecule has 0 aliphatic rings. The van der Waals surface area contributed by atoms with Crippen molar-refractivity contribution < 1.29 is 30.0 Å². The summed E-state index contributed by atoms with van der Waals surface area (Å²) < 4.78 is 5.29. The van der Waals surface area contributed by atoms with E-state index in [1.54, 1.807) is 19.2 Å². The normalized spacial score (nSPS) is 13.5. The first-order valence-electron chi connectivity index (χ1n) is 32.5. The van der Waals surface area contributed by atoms with E-state index in [0.29, 0.717) is 38.3 Å². The van der Waals surface area contributed by atoms with Gasteiger partial charge in [-0.3, -0.25) is 14.6 Å². The van der Waals surface area contributed by atoms with Gasteiger partial charge in [0, 0.05) is 38.3 Å². The molecule has 0 radical (unpaired) electrons. The molecule has 0 spiro atoms. The second-order valence-corrected chi connectivity index (χ2v) is 23.1. The highest BCUT2D eigenvalue weighted by Crippen LogP contribution is 2.18. The molecule has 0 fully saturated rings. The molecule has 5 N–H and O–H groups in total. The first-order chi connectivity index (χ1) is 36.6. The zero-order valence-electron chi connectivity index (χ0n) is 50.2. The number of amides is 1. The Labute approximate surface area is 464 Å². The van der Waals surface area contributed by atoms with Crippen LogP contribution in [0.3, 0.4) is 0 Å². The molecular formula is C65H126N4O6. The topological polar surface area (TPSA) is 129 Å². The fourth-order valence-corrected chi connectivity index (χ4v) is 10.8. The molecule has 1 amide bonds. The number of rotatable bonds is 58. The van der Waals surface area contributed by atoms with Crippen LogP contribution in [-0.4, -0.2) is 138 Å². The number of methoxy groups -OCH3 is 1. The summed E-state index contributed by atoms with van der Waals surface area (Å²) in [5, 5.41) is 48.5. The molecule has 0 bridgehead atoms. The monoisotopic (exact) mass is 1060 g/mol. The van der Waals surface area contributed by atoms with E-state index in [-0.39, 0.29) is 5.91 Å². The third-order valence-electron chi connectivity index (χ3n) is 15.6. The highest BCUT2D eigenvalue weighted by Gasteiger charge is 2.19. The smallest absolute Gasteiger partial charge is 0.251 e. The van der Waals surface area contributed by atoms with Crippen LogP contribution in [0.15, 0.2) is 24.3 Å². The molecule has 1 aromatic rings. The van der Waals surface area contributed by atoms with Crippen LogP contribution in [0.1, 0.15) is 288 Å². The molecule has 4 atom stereocenters. The zero-order chi connectivity index (χ0) is 54.7. The van der Waals surface area contributed by atoms with Gasteiger partial charge in [0.25, 0.3) is 5.91 Å². The number of hydrogen-bond acceptors (Lipinski definition) is 9. The molecule has 10 nitrogen and oxygen atoms in total. The summed E-state index contributed by atoms with van der Waals surface area (Å²) in [6, 6.07) is 7.24. The van der Waals surface area contributed by atoms with E-state index in [4.69, 9.17) is 4.74 Å². The number of aliphatic hydroxyl groups is 4. The lowest BCUT2D eigenvalue weighted by Crippen LogP contribution is -2.41. The van der Waals surface area contributed by atoms with Crippen molar-refractivity contribution in [2.45, 2.75) is 303 Å². The molecule has 1 aromatic carbocycles. The van der Waals surface area contributed by atoms with Crippen LogP contribution in [-0.2, 0) is 0 Å². The molecule has 1 rings (SSSR count). The lowest BCUT2D eigenvalue weighted by Gasteiger charge is -2.30. The highest BCUT2D eigenvalue weighted by molar-refractivity contribution is 5.94. The number of ether oxygens (including phenoxy) is 1. The van der Waals surface area contributed by atoms with Gasteiger partial charge in [0.2, 0.25) is 0 Å². The molecule has 0 heterocycles. The summed E-state index contributed by atoms with van der Waals surface area (Å²) in [6.45, 7) is 16.3. The van der Waals surface area contributed by atoms with Crippen LogP contribution in [0.5, 0.6) is 5.75 Å². The Morgan fingerprint density at radius 2 is 0.653 bits per heavy atom. The molecule has 0 saturated carbocycles. The van der Waals surface area contributed by atoms with E-state index in [1.165, 1.54) is 180 Å². The SMILES string of the molecule is CCCCCCCCCCC(O)CN(CCCN(CCCNC(=O)c1ccc(OC)cc1)CCCN(CC(O)CCCCCCCCCC)CC(O)CCCCCCCCCC)CC(O)CCCCCCCCCC. The minimum absolute atomic E-state index is 0.0809. The van der Waals surface area contributed by atoms with E-state index in [1.807, 2.05) is 12.1 Å². The van der Waals surface area contributed by atoms with Crippen molar-refractivity contribution in [1.29, 1.82) is 0 Å². The van der Waals surface area contributed by atoms with Gasteiger partial charge < -0.3 is 35.4 Å².